The summed E-state index contributed by atoms with van der Waals surface area (Å²) < 4.78 is 1.94. The molecule has 0 spiro atoms. The summed E-state index contributed by atoms with van der Waals surface area (Å²) >= 11 is 0. The first-order chi connectivity index (χ1) is 7.61. The van der Waals surface area contributed by atoms with Crippen LogP contribution in [0.25, 0.3) is 10.9 Å². The molecule has 0 unspecified atom stereocenters. The Balaban J connectivity index is 2.63. The number of aryl methyl sites for hydroxylation is 1. The van der Waals surface area contributed by atoms with Gasteiger partial charge in [-0.2, -0.15) is 0 Å². The lowest BCUT2D eigenvalue weighted by Crippen LogP contribution is -1.99. The molecule has 2 aromatic rings. The highest BCUT2D eigenvalue weighted by atomic mass is 16.4. The average molecular weight is 219 g/mol. The van der Waals surface area contributed by atoms with Crippen LogP contribution in [0.15, 0.2) is 24.4 Å². The van der Waals surface area contributed by atoms with Crippen molar-refractivity contribution in [2.45, 2.75) is 19.9 Å². The van der Waals surface area contributed by atoms with Crippen molar-refractivity contribution in [2.75, 3.05) is 0 Å². The summed E-state index contributed by atoms with van der Waals surface area (Å²) in [5.74, 6) is -0.648. The van der Waals surface area contributed by atoms with E-state index in [-0.39, 0.29) is 12.2 Å². The molecule has 1 heterocycles. The van der Waals surface area contributed by atoms with Crippen molar-refractivity contribution in [1.29, 1.82) is 0 Å². The first kappa shape index (κ1) is 10.5. The molecule has 0 radical (unpaired) electrons. The van der Waals surface area contributed by atoms with Crippen molar-refractivity contribution in [3.8, 4) is 5.75 Å². The molecular formula is C12H13NO3. The van der Waals surface area contributed by atoms with E-state index in [0.717, 1.165) is 23.0 Å². The SMILES string of the molecule is CCn1cc(CC(=O)O)c2ccc(O)cc21. The molecular weight excluding hydrogens is 206 g/mol. The van der Waals surface area contributed by atoms with E-state index in [9.17, 15) is 9.90 Å². The van der Waals surface area contributed by atoms with Crippen LogP contribution in [0.1, 0.15) is 12.5 Å². The van der Waals surface area contributed by atoms with Crippen molar-refractivity contribution in [1.82, 2.24) is 4.57 Å². The summed E-state index contributed by atoms with van der Waals surface area (Å²) in [6, 6.07) is 4.99. The lowest BCUT2D eigenvalue weighted by molar-refractivity contribution is -0.136. The molecule has 0 fully saturated rings. The minimum absolute atomic E-state index is 0.00821. The molecule has 0 aliphatic rings. The lowest BCUT2D eigenvalue weighted by Gasteiger charge is -2.00. The minimum Gasteiger partial charge on any atom is -0.508 e. The number of benzene rings is 1. The van der Waals surface area contributed by atoms with Gasteiger partial charge in [0.1, 0.15) is 5.75 Å². The zero-order valence-electron chi connectivity index (χ0n) is 8.97. The third-order valence-electron chi connectivity index (χ3n) is 2.63. The van der Waals surface area contributed by atoms with Gasteiger partial charge in [0.25, 0.3) is 0 Å². The number of fused-ring (bicyclic) bond motifs is 1. The largest absolute Gasteiger partial charge is 0.508 e. The van der Waals surface area contributed by atoms with Crippen LogP contribution in [0.5, 0.6) is 5.75 Å². The second-order valence-corrected chi connectivity index (χ2v) is 3.71. The normalized spacial score (nSPS) is 10.8. The predicted octanol–water partition coefficient (Wildman–Crippen LogP) is 1.99. The molecule has 2 N–H and O–H groups in total. The van der Waals surface area contributed by atoms with Crippen LogP contribution in [0, 0.1) is 0 Å². The van der Waals surface area contributed by atoms with Gasteiger partial charge in [-0.3, -0.25) is 4.79 Å². The van der Waals surface area contributed by atoms with Gasteiger partial charge in [-0.1, -0.05) is 0 Å². The number of rotatable bonds is 3. The number of carboxylic acids is 1. The van der Waals surface area contributed by atoms with E-state index in [1.807, 2.05) is 17.7 Å². The van der Waals surface area contributed by atoms with E-state index in [2.05, 4.69) is 0 Å². The number of carboxylic acid groups (broad SMARTS) is 1. The van der Waals surface area contributed by atoms with Gasteiger partial charge in [-0.05, 0) is 24.6 Å². The Hall–Kier alpha value is -1.97. The summed E-state index contributed by atoms with van der Waals surface area (Å²) in [6.45, 7) is 2.73. The molecule has 0 amide bonds. The number of nitrogens with zero attached hydrogens (tertiary/aromatic N) is 1. The molecule has 2 rings (SSSR count). The number of hydrogen-bond donors (Lipinski definition) is 2. The maximum absolute atomic E-state index is 10.7. The number of aromatic hydroxyl groups is 1. The number of phenols is 1. The van der Waals surface area contributed by atoms with Crippen LogP contribution in [-0.4, -0.2) is 20.7 Å². The van der Waals surface area contributed by atoms with E-state index >= 15 is 0 Å². The van der Waals surface area contributed by atoms with Crippen LogP contribution >= 0.6 is 0 Å². The molecule has 1 aromatic carbocycles. The van der Waals surface area contributed by atoms with Gasteiger partial charge < -0.3 is 14.8 Å². The standard InChI is InChI=1S/C12H13NO3/c1-2-13-7-8(5-12(15)16)10-4-3-9(14)6-11(10)13/h3-4,6-7,14H,2,5H2,1H3,(H,15,16). The van der Waals surface area contributed by atoms with Crippen LogP contribution in [0.4, 0.5) is 0 Å². The molecule has 0 saturated heterocycles. The van der Waals surface area contributed by atoms with Gasteiger partial charge in [0.2, 0.25) is 0 Å². The smallest absolute Gasteiger partial charge is 0.307 e. The van der Waals surface area contributed by atoms with Crippen molar-refractivity contribution in [3.05, 3.63) is 30.0 Å². The van der Waals surface area contributed by atoms with Crippen molar-refractivity contribution >= 4 is 16.9 Å². The molecule has 0 aliphatic heterocycles. The Morgan fingerprint density at radius 1 is 1.44 bits per heavy atom. The number of hydrogen-bond acceptors (Lipinski definition) is 2. The van der Waals surface area contributed by atoms with Gasteiger partial charge in [0, 0.05) is 24.2 Å². The highest BCUT2D eigenvalue weighted by Crippen LogP contribution is 2.25. The second kappa shape index (κ2) is 3.89. The third-order valence-corrected chi connectivity index (χ3v) is 2.63. The van der Waals surface area contributed by atoms with E-state index in [0.29, 0.717) is 0 Å². The molecule has 0 atom stereocenters. The minimum atomic E-state index is -0.844. The fourth-order valence-electron chi connectivity index (χ4n) is 1.92. The summed E-state index contributed by atoms with van der Waals surface area (Å²) in [5, 5.41) is 19.1. The Kier molecular flexibility index (Phi) is 2.56. The molecule has 1 aromatic heterocycles. The summed E-state index contributed by atoms with van der Waals surface area (Å²) in [7, 11) is 0. The highest BCUT2D eigenvalue weighted by molar-refractivity contribution is 5.88. The monoisotopic (exact) mass is 219 g/mol. The quantitative estimate of drug-likeness (QED) is 0.829. The molecule has 84 valence electrons. The number of aromatic nitrogens is 1. The molecule has 4 heteroatoms. The number of phenolic OH excluding ortho intramolecular Hbond substituents is 1. The molecule has 0 aliphatic carbocycles. The maximum Gasteiger partial charge on any atom is 0.307 e. The molecule has 4 nitrogen and oxygen atoms in total. The topological polar surface area (TPSA) is 62.5 Å². The van der Waals surface area contributed by atoms with Gasteiger partial charge in [-0.25, -0.2) is 0 Å². The summed E-state index contributed by atoms with van der Waals surface area (Å²) in [6.07, 6.45) is 1.84. The Bertz CT molecular complexity index is 542. The average Bonchev–Trinajstić information content (AvgIpc) is 2.55. The summed E-state index contributed by atoms with van der Waals surface area (Å²) in [5.41, 5.74) is 1.66. The van der Waals surface area contributed by atoms with Crippen LogP contribution in [0.2, 0.25) is 0 Å². The van der Waals surface area contributed by atoms with Gasteiger partial charge >= 0.3 is 5.97 Å². The number of carbonyl (C=O) groups is 1. The second-order valence-electron chi connectivity index (χ2n) is 3.71. The van der Waals surface area contributed by atoms with Crippen molar-refractivity contribution in [2.24, 2.45) is 0 Å². The first-order valence-electron chi connectivity index (χ1n) is 5.14. The maximum atomic E-state index is 10.7. The van der Waals surface area contributed by atoms with Gasteiger partial charge in [0.15, 0.2) is 0 Å². The molecule has 16 heavy (non-hydrogen) atoms. The van der Waals surface area contributed by atoms with Crippen molar-refractivity contribution < 1.29 is 15.0 Å². The predicted molar refractivity (Wildman–Crippen MR) is 60.6 cm³/mol. The first-order valence-corrected chi connectivity index (χ1v) is 5.14. The zero-order valence-corrected chi connectivity index (χ0v) is 8.97. The van der Waals surface area contributed by atoms with E-state index in [1.165, 1.54) is 0 Å². The van der Waals surface area contributed by atoms with Gasteiger partial charge in [0.05, 0.1) is 11.9 Å². The highest BCUT2D eigenvalue weighted by Gasteiger charge is 2.10. The van der Waals surface area contributed by atoms with Gasteiger partial charge in [-0.15, -0.1) is 0 Å². The number of aliphatic carboxylic acids is 1. The fraction of sp³-hybridized carbons (Fsp3) is 0.250. The Labute approximate surface area is 92.7 Å². The van der Waals surface area contributed by atoms with Crippen LogP contribution in [0.3, 0.4) is 0 Å². The van der Waals surface area contributed by atoms with Crippen molar-refractivity contribution in [3.63, 3.8) is 0 Å². The van der Waals surface area contributed by atoms with E-state index < -0.39 is 5.97 Å². The van der Waals surface area contributed by atoms with E-state index in [1.54, 1.807) is 18.2 Å². The van der Waals surface area contributed by atoms with Crippen LogP contribution < -0.4 is 0 Å². The Morgan fingerprint density at radius 2 is 2.19 bits per heavy atom. The third kappa shape index (κ3) is 1.74. The fourth-order valence-corrected chi connectivity index (χ4v) is 1.92. The van der Waals surface area contributed by atoms with E-state index in [4.69, 9.17) is 5.11 Å². The molecule has 0 bridgehead atoms. The lowest BCUT2D eigenvalue weighted by atomic mass is 10.1. The molecule has 0 saturated carbocycles. The Morgan fingerprint density at radius 3 is 2.81 bits per heavy atom. The zero-order chi connectivity index (χ0) is 11.7. The summed E-state index contributed by atoms with van der Waals surface area (Å²) in [4.78, 5) is 10.7. The van der Waals surface area contributed by atoms with Crippen LogP contribution in [-0.2, 0) is 17.8 Å².